The molecule has 40 heavy (non-hydrogen) atoms. The van der Waals surface area contributed by atoms with Gasteiger partial charge in [-0.3, -0.25) is 0 Å². The summed E-state index contributed by atoms with van der Waals surface area (Å²) in [5.74, 6) is -1.47. The highest BCUT2D eigenvalue weighted by Crippen LogP contribution is 2.40. The van der Waals surface area contributed by atoms with Crippen molar-refractivity contribution in [2.24, 2.45) is 0 Å². The first-order valence-corrected chi connectivity index (χ1v) is 13.9. The Bertz CT molecular complexity index is 1400. The van der Waals surface area contributed by atoms with Crippen molar-refractivity contribution in [3.8, 4) is 16.6 Å². The minimum Gasteiger partial charge on any atom is -0.480 e. The molecule has 0 amide bonds. The quantitative estimate of drug-likeness (QED) is 0.431. The molecule has 3 aliphatic heterocycles. The Balaban J connectivity index is 1.29. The second kappa shape index (κ2) is 10.7. The molecule has 0 aliphatic carbocycles. The van der Waals surface area contributed by atoms with Crippen molar-refractivity contribution < 1.29 is 32.9 Å². The maximum Gasteiger partial charge on any atom is 0.326 e. The fourth-order valence-corrected chi connectivity index (χ4v) is 6.05. The van der Waals surface area contributed by atoms with Crippen LogP contribution in [0.4, 0.5) is 20.3 Å². The molecule has 11 nitrogen and oxygen atoms in total. The number of hydrogen-bond acceptors (Lipinski definition) is 11. The third kappa shape index (κ3) is 4.93. The minimum absolute atomic E-state index is 0.0532. The lowest BCUT2D eigenvalue weighted by Crippen LogP contribution is -2.68. The molecule has 0 radical (unpaired) electrons. The number of nitrogens with zero attached hydrogens (tertiary/aromatic N) is 6. The largest absolute Gasteiger partial charge is 0.480 e. The van der Waals surface area contributed by atoms with Gasteiger partial charge in [0.25, 0.3) is 6.43 Å². The van der Waals surface area contributed by atoms with Crippen molar-refractivity contribution >= 4 is 40.4 Å². The van der Waals surface area contributed by atoms with Crippen LogP contribution in [0.15, 0.2) is 29.9 Å². The monoisotopic (exact) mass is 594 g/mol. The lowest BCUT2D eigenvalue weighted by atomic mass is 9.90. The number of carbonyl (C=O) groups is 1. The summed E-state index contributed by atoms with van der Waals surface area (Å²) in [5.41, 5.74) is 0.426. The van der Waals surface area contributed by atoms with Gasteiger partial charge in [0.2, 0.25) is 5.88 Å². The summed E-state index contributed by atoms with van der Waals surface area (Å²) in [7, 11) is 0. The van der Waals surface area contributed by atoms with Crippen LogP contribution in [0.3, 0.4) is 0 Å². The van der Waals surface area contributed by atoms with Crippen LogP contribution < -0.4 is 14.5 Å². The zero-order chi connectivity index (χ0) is 28.0. The van der Waals surface area contributed by atoms with Crippen molar-refractivity contribution in [1.29, 1.82) is 0 Å². The number of anilines is 2. The fraction of sp³-hybridized carbons (Fsp3) is 0.480. The summed E-state index contributed by atoms with van der Waals surface area (Å²) >= 11 is 7.55. The van der Waals surface area contributed by atoms with Crippen molar-refractivity contribution in [2.45, 2.75) is 43.6 Å². The number of aromatic nitrogens is 4. The molecule has 3 fully saturated rings. The number of aliphatic carboxylic acids is 1. The van der Waals surface area contributed by atoms with Gasteiger partial charge in [-0.2, -0.15) is 0 Å². The molecule has 3 aliphatic rings. The number of morpholine rings is 1. The van der Waals surface area contributed by atoms with Gasteiger partial charge < -0.3 is 29.1 Å². The first-order valence-electron chi connectivity index (χ1n) is 12.6. The van der Waals surface area contributed by atoms with E-state index < -0.39 is 36.0 Å². The van der Waals surface area contributed by atoms with Crippen LogP contribution in [0, 0.1) is 0 Å². The number of alkyl halides is 2. The van der Waals surface area contributed by atoms with Crippen LogP contribution in [0.25, 0.3) is 10.7 Å². The fourth-order valence-electron chi connectivity index (χ4n) is 5.30. The van der Waals surface area contributed by atoms with Crippen molar-refractivity contribution in [3.63, 3.8) is 0 Å². The van der Waals surface area contributed by atoms with E-state index in [0.717, 1.165) is 0 Å². The zero-order valence-electron chi connectivity index (χ0n) is 21.2. The molecule has 212 valence electrons. The summed E-state index contributed by atoms with van der Waals surface area (Å²) in [5, 5.41) is 12.6. The molecule has 3 aromatic rings. The number of rotatable bonds is 7. The van der Waals surface area contributed by atoms with Gasteiger partial charge in [-0.1, -0.05) is 11.6 Å². The summed E-state index contributed by atoms with van der Waals surface area (Å²) in [6, 6.07) is 2.12. The predicted octanol–water partition coefficient (Wildman–Crippen LogP) is 3.69. The first-order chi connectivity index (χ1) is 19.2. The van der Waals surface area contributed by atoms with Crippen LogP contribution in [0.5, 0.6) is 5.88 Å². The molecule has 3 saturated heterocycles. The molecular weight excluding hydrogens is 570 g/mol. The van der Waals surface area contributed by atoms with Gasteiger partial charge in [0, 0.05) is 36.8 Å². The third-order valence-electron chi connectivity index (χ3n) is 7.45. The summed E-state index contributed by atoms with van der Waals surface area (Å²) < 4.78 is 45.2. The molecule has 1 spiro atoms. The lowest BCUT2D eigenvalue weighted by Gasteiger charge is -2.53. The zero-order valence-corrected chi connectivity index (χ0v) is 22.8. The Labute approximate surface area is 236 Å². The van der Waals surface area contributed by atoms with Crippen molar-refractivity contribution in [2.75, 3.05) is 42.7 Å². The van der Waals surface area contributed by atoms with Gasteiger partial charge >= 0.3 is 5.97 Å². The van der Waals surface area contributed by atoms with E-state index in [0.29, 0.717) is 48.0 Å². The lowest BCUT2D eigenvalue weighted by molar-refractivity contribution is -0.228. The Hall–Kier alpha value is -3.20. The second-order valence-corrected chi connectivity index (χ2v) is 11.2. The van der Waals surface area contributed by atoms with Crippen LogP contribution in [-0.4, -0.2) is 87.7 Å². The molecular formula is C25H25ClF2N6O5S. The van der Waals surface area contributed by atoms with Crippen LogP contribution >= 0.6 is 22.9 Å². The van der Waals surface area contributed by atoms with E-state index in [4.69, 9.17) is 25.8 Å². The number of carboxylic acid groups (broad SMARTS) is 1. The maximum atomic E-state index is 13.7. The van der Waals surface area contributed by atoms with Gasteiger partial charge in [-0.15, -0.1) is 11.3 Å². The van der Waals surface area contributed by atoms with Gasteiger partial charge in [0.1, 0.15) is 40.0 Å². The topological polar surface area (TPSA) is 123 Å². The Morgan fingerprint density at radius 3 is 2.77 bits per heavy atom. The number of hydrogen-bond donors (Lipinski definition) is 1. The average molecular weight is 595 g/mol. The van der Waals surface area contributed by atoms with Gasteiger partial charge in [0.05, 0.1) is 37.4 Å². The average Bonchev–Trinajstić information content (AvgIpc) is 3.60. The first kappa shape index (κ1) is 27.0. The number of halogens is 3. The molecule has 1 N–H and O–H groups in total. The molecule has 3 atom stereocenters. The smallest absolute Gasteiger partial charge is 0.326 e. The number of carboxylic acids is 1. The van der Waals surface area contributed by atoms with E-state index in [1.165, 1.54) is 34.7 Å². The predicted molar refractivity (Wildman–Crippen MR) is 141 cm³/mol. The minimum atomic E-state index is -2.95. The van der Waals surface area contributed by atoms with E-state index in [1.54, 1.807) is 11.4 Å². The number of ether oxygens (including phenoxy) is 3. The van der Waals surface area contributed by atoms with E-state index in [2.05, 4.69) is 24.8 Å². The van der Waals surface area contributed by atoms with Crippen LogP contribution in [-0.2, 0) is 14.3 Å². The highest BCUT2D eigenvalue weighted by atomic mass is 35.5. The van der Waals surface area contributed by atoms with Crippen LogP contribution in [0.1, 0.15) is 25.6 Å². The van der Waals surface area contributed by atoms with Gasteiger partial charge in [-0.25, -0.2) is 33.5 Å². The summed E-state index contributed by atoms with van der Waals surface area (Å²) in [6.45, 7) is 4.14. The molecule has 0 bridgehead atoms. The van der Waals surface area contributed by atoms with Crippen molar-refractivity contribution in [1.82, 2.24) is 19.9 Å². The number of pyridine rings is 1. The van der Waals surface area contributed by atoms with Crippen LogP contribution in [0.2, 0.25) is 5.02 Å². The Morgan fingerprint density at radius 1 is 1.27 bits per heavy atom. The SMILES string of the molecule is C[C@@H]1N(c2cc(Cl)cnc2O[C@H]2C[C@@H](C(=O)O)N(c3cc(-c4nccs4)nc(C(F)F)n3)C2)CCOC12COC2. The van der Waals surface area contributed by atoms with Gasteiger partial charge in [-0.05, 0) is 13.0 Å². The van der Waals surface area contributed by atoms with E-state index in [1.807, 2.05) is 6.92 Å². The third-order valence-corrected chi connectivity index (χ3v) is 8.45. The number of thiazole rings is 1. The van der Waals surface area contributed by atoms with Crippen molar-refractivity contribution in [3.05, 3.63) is 40.8 Å². The second-order valence-electron chi connectivity index (χ2n) is 9.84. The Morgan fingerprint density at radius 2 is 2.10 bits per heavy atom. The normalized spacial score (nSPS) is 24.0. The molecule has 6 rings (SSSR count). The standard InChI is InChI=1S/C25H25ClF2N6O5S/c1-13-25(11-37-12-25)38-4-3-33(13)17-6-14(26)9-30-22(17)39-15-7-18(24(35)36)34(10-15)19-8-16(23-29-2-5-40-23)31-21(32-19)20(27)28/h2,5-6,8-9,13,15,18,20H,3-4,7,10-12H2,1H3,(H,35,36)/t13-,15-,18-/m0/s1. The van der Waals surface area contributed by atoms with E-state index >= 15 is 0 Å². The van der Waals surface area contributed by atoms with E-state index in [-0.39, 0.29) is 30.5 Å². The highest BCUT2D eigenvalue weighted by Gasteiger charge is 2.50. The summed E-state index contributed by atoms with van der Waals surface area (Å²) in [6.07, 6.45) is -0.489. The molecule has 0 aromatic carbocycles. The molecule has 0 saturated carbocycles. The Kier molecular flexibility index (Phi) is 7.19. The maximum absolute atomic E-state index is 13.7. The molecule has 15 heteroatoms. The summed E-state index contributed by atoms with van der Waals surface area (Å²) in [4.78, 5) is 32.3. The molecule has 0 unspecified atom stereocenters. The molecule has 3 aromatic heterocycles. The van der Waals surface area contributed by atoms with E-state index in [9.17, 15) is 18.7 Å². The highest BCUT2D eigenvalue weighted by molar-refractivity contribution is 7.13. The molecule has 6 heterocycles. The van der Waals surface area contributed by atoms with Gasteiger partial charge in [0.15, 0.2) is 5.82 Å².